The van der Waals surface area contributed by atoms with E-state index in [4.69, 9.17) is 11.6 Å². The van der Waals surface area contributed by atoms with Crippen molar-refractivity contribution >= 4 is 17.5 Å². The fourth-order valence-electron chi connectivity index (χ4n) is 3.06. The Morgan fingerprint density at radius 1 is 1.20 bits per heavy atom. The van der Waals surface area contributed by atoms with E-state index in [9.17, 15) is 4.79 Å². The Kier molecular flexibility index (Phi) is 6.80. The lowest BCUT2D eigenvalue weighted by Gasteiger charge is -2.39. The van der Waals surface area contributed by atoms with Crippen LogP contribution in [0.3, 0.4) is 0 Å². The SMILES string of the molecule is C=C[C@@H](C)[C@@](CCC)(NNC(=O)c1ccccc1)c1ccc(Cl)cc1. The van der Waals surface area contributed by atoms with Gasteiger partial charge in [0.15, 0.2) is 0 Å². The van der Waals surface area contributed by atoms with Crippen molar-refractivity contribution in [2.75, 3.05) is 0 Å². The molecule has 4 heteroatoms. The topological polar surface area (TPSA) is 41.1 Å². The maximum atomic E-state index is 12.5. The molecule has 0 bridgehead atoms. The number of benzene rings is 2. The van der Waals surface area contributed by atoms with Gasteiger partial charge in [0.2, 0.25) is 0 Å². The highest BCUT2D eigenvalue weighted by molar-refractivity contribution is 6.30. The van der Waals surface area contributed by atoms with Gasteiger partial charge in [-0.25, -0.2) is 5.43 Å². The molecule has 2 aromatic carbocycles. The zero-order chi connectivity index (χ0) is 18.3. The number of rotatable bonds is 8. The Morgan fingerprint density at radius 3 is 2.40 bits per heavy atom. The van der Waals surface area contributed by atoms with E-state index in [1.807, 2.05) is 48.5 Å². The van der Waals surface area contributed by atoms with E-state index < -0.39 is 5.54 Å². The van der Waals surface area contributed by atoms with Crippen LogP contribution in [-0.2, 0) is 5.54 Å². The molecule has 1 amide bonds. The van der Waals surface area contributed by atoms with Crippen LogP contribution in [0.1, 0.15) is 42.6 Å². The molecule has 0 heterocycles. The maximum absolute atomic E-state index is 12.5. The van der Waals surface area contributed by atoms with Crippen LogP contribution in [0, 0.1) is 5.92 Å². The van der Waals surface area contributed by atoms with E-state index >= 15 is 0 Å². The van der Waals surface area contributed by atoms with Gasteiger partial charge in [-0.3, -0.25) is 10.2 Å². The van der Waals surface area contributed by atoms with Crippen molar-refractivity contribution < 1.29 is 4.79 Å². The van der Waals surface area contributed by atoms with Gasteiger partial charge < -0.3 is 0 Å². The minimum Gasteiger partial charge on any atom is -0.287 e. The molecule has 0 saturated heterocycles. The standard InChI is InChI=1S/C21H25ClN2O/c1-4-15-21(16(3)5-2,18-11-13-19(22)14-12-18)24-23-20(25)17-9-7-6-8-10-17/h5-14,16,24H,2,4,15H2,1,3H3,(H,23,25)/t16-,21-/m1/s1. The molecule has 2 rings (SSSR count). The Morgan fingerprint density at radius 2 is 1.84 bits per heavy atom. The highest BCUT2D eigenvalue weighted by Gasteiger charge is 2.36. The molecule has 0 fully saturated rings. The summed E-state index contributed by atoms with van der Waals surface area (Å²) in [5.41, 5.74) is 7.42. The number of hydrogen-bond acceptors (Lipinski definition) is 2. The van der Waals surface area contributed by atoms with E-state index in [1.54, 1.807) is 12.1 Å². The molecule has 0 spiro atoms. The zero-order valence-corrected chi connectivity index (χ0v) is 15.5. The molecule has 25 heavy (non-hydrogen) atoms. The van der Waals surface area contributed by atoms with Gasteiger partial charge in [-0.15, -0.1) is 6.58 Å². The predicted molar refractivity (Wildman–Crippen MR) is 104 cm³/mol. The molecule has 0 unspecified atom stereocenters. The van der Waals surface area contributed by atoms with E-state index in [2.05, 4.69) is 31.3 Å². The van der Waals surface area contributed by atoms with Gasteiger partial charge >= 0.3 is 0 Å². The van der Waals surface area contributed by atoms with Crippen molar-refractivity contribution in [2.24, 2.45) is 5.92 Å². The number of carbonyl (C=O) groups excluding carboxylic acids is 1. The smallest absolute Gasteiger partial charge is 0.265 e. The summed E-state index contributed by atoms with van der Waals surface area (Å²) in [6.45, 7) is 8.18. The van der Waals surface area contributed by atoms with E-state index in [0.717, 1.165) is 18.4 Å². The first-order chi connectivity index (χ1) is 12.0. The number of hydrazine groups is 1. The highest BCUT2D eigenvalue weighted by atomic mass is 35.5. The molecule has 0 aromatic heterocycles. The Labute approximate surface area is 155 Å². The first kappa shape index (κ1) is 19.2. The molecule has 0 aliphatic heterocycles. The van der Waals surface area contributed by atoms with Crippen molar-refractivity contribution in [3.63, 3.8) is 0 Å². The summed E-state index contributed by atoms with van der Waals surface area (Å²) >= 11 is 6.05. The summed E-state index contributed by atoms with van der Waals surface area (Å²) in [5.74, 6) is -0.0593. The average Bonchev–Trinajstić information content (AvgIpc) is 2.65. The third-order valence-electron chi connectivity index (χ3n) is 4.57. The van der Waals surface area contributed by atoms with Crippen molar-refractivity contribution in [3.8, 4) is 0 Å². The monoisotopic (exact) mass is 356 g/mol. The first-order valence-electron chi connectivity index (χ1n) is 8.54. The molecule has 0 aliphatic carbocycles. The predicted octanol–water partition coefficient (Wildman–Crippen LogP) is 5.09. The maximum Gasteiger partial charge on any atom is 0.265 e. The van der Waals surface area contributed by atoms with Crippen LogP contribution in [0.2, 0.25) is 5.02 Å². The summed E-state index contributed by atoms with van der Waals surface area (Å²) in [7, 11) is 0. The normalized spacial score (nSPS) is 14.4. The van der Waals surface area contributed by atoms with Crippen molar-refractivity contribution in [1.82, 2.24) is 10.9 Å². The summed E-state index contributed by atoms with van der Waals surface area (Å²) in [5, 5.41) is 0.689. The van der Waals surface area contributed by atoms with Crippen molar-refractivity contribution in [1.29, 1.82) is 0 Å². The largest absolute Gasteiger partial charge is 0.287 e. The Bertz CT molecular complexity index is 700. The van der Waals surface area contributed by atoms with Crippen LogP contribution in [0.15, 0.2) is 67.3 Å². The fourth-order valence-corrected chi connectivity index (χ4v) is 3.18. The summed E-state index contributed by atoms with van der Waals surface area (Å²) < 4.78 is 0. The van der Waals surface area contributed by atoms with Crippen molar-refractivity contribution in [3.05, 3.63) is 83.4 Å². The molecule has 2 aromatic rings. The highest BCUT2D eigenvalue weighted by Crippen LogP contribution is 2.35. The number of halogens is 1. The van der Waals surface area contributed by atoms with Crippen LogP contribution in [-0.4, -0.2) is 5.91 Å². The number of amides is 1. The molecule has 0 saturated carbocycles. The van der Waals surface area contributed by atoms with Gasteiger partial charge in [-0.2, -0.15) is 0 Å². The third-order valence-corrected chi connectivity index (χ3v) is 4.82. The summed E-state index contributed by atoms with van der Waals surface area (Å²) in [6, 6.07) is 16.9. The molecule has 2 atom stereocenters. The van der Waals surface area contributed by atoms with E-state index in [0.29, 0.717) is 10.6 Å². The lowest BCUT2D eigenvalue weighted by Crippen LogP contribution is -2.55. The van der Waals surface area contributed by atoms with Crippen LogP contribution in [0.25, 0.3) is 0 Å². The molecular formula is C21H25ClN2O. The Hall–Kier alpha value is -2.10. The number of hydrogen-bond donors (Lipinski definition) is 2. The van der Waals surface area contributed by atoms with Crippen molar-refractivity contribution in [2.45, 2.75) is 32.2 Å². The molecule has 132 valence electrons. The zero-order valence-electron chi connectivity index (χ0n) is 14.8. The van der Waals surface area contributed by atoms with Gasteiger partial charge in [0, 0.05) is 10.6 Å². The molecule has 0 radical (unpaired) electrons. The Balaban J connectivity index is 2.31. The number of nitrogens with one attached hydrogen (secondary N) is 2. The minimum absolute atomic E-state index is 0.102. The van der Waals surface area contributed by atoms with Crippen LogP contribution in [0.4, 0.5) is 0 Å². The molecule has 3 nitrogen and oxygen atoms in total. The minimum atomic E-state index is -0.453. The van der Waals surface area contributed by atoms with Gasteiger partial charge in [0.1, 0.15) is 0 Å². The van der Waals surface area contributed by atoms with Crippen LogP contribution in [0.5, 0.6) is 0 Å². The van der Waals surface area contributed by atoms with E-state index in [1.165, 1.54) is 0 Å². The van der Waals surface area contributed by atoms with Gasteiger partial charge in [-0.1, -0.05) is 68.3 Å². The van der Waals surface area contributed by atoms with Gasteiger partial charge in [0.25, 0.3) is 5.91 Å². The summed E-state index contributed by atoms with van der Waals surface area (Å²) in [4.78, 5) is 12.5. The van der Waals surface area contributed by atoms with Gasteiger partial charge in [-0.05, 0) is 42.2 Å². The lowest BCUT2D eigenvalue weighted by atomic mass is 9.76. The second-order valence-corrected chi connectivity index (χ2v) is 6.63. The van der Waals surface area contributed by atoms with E-state index in [-0.39, 0.29) is 11.8 Å². The van der Waals surface area contributed by atoms with Gasteiger partial charge in [0.05, 0.1) is 5.54 Å². The molecular weight excluding hydrogens is 332 g/mol. The average molecular weight is 357 g/mol. The molecule has 0 aliphatic rings. The lowest BCUT2D eigenvalue weighted by molar-refractivity contribution is 0.0879. The summed E-state index contributed by atoms with van der Waals surface area (Å²) in [6.07, 6.45) is 3.71. The second kappa shape index (κ2) is 8.84. The third kappa shape index (κ3) is 4.50. The van der Waals surface area contributed by atoms with Crippen LogP contribution >= 0.6 is 11.6 Å². The molecule has 2 N–H and O–H groups in total. The second-order valence-electron chi connectivity index (χ2n) is 6.20. The fraction of sp³-hybridized carbons (Fsp3) is 0.286. The first-order valence-corrected chi connectivity index (χ1v) is 8.92. The number of carbonyl (C=O) groups is 1. The quantitative estimate of drug-likeness (QED) is 0.510. The van der Waals surface area contributed by atoms with Crippen LogP contribution < -0.4 is 10.9 Å².